The van der Waals surface area contributed by atoms with Gasteiger partial charge in [0.1, 0.15) is 6.61 Å². The van der Waals surface area contributed by atoms with E-state index in [1.54, 1.807) is 6.07 Å². The Bertz CT molecular complexity index is 687. The van der Waals surface area contributed by atoms with Gasteiger partial charge in [0.05, 0.1) is 11.1 Å². The molecule has 1 aliphatic rings. The molecule has 1 aromatic heterocycles. The molecule has 20 heavy (non-hydrogen) atoms. The molecule has 0 unspecified atom stereocenters. The van der Waals surface area contributed by atoms with Crippen LogP contribution in [0.1, 0.15) is 15.9 Å². The summed E-state index contributed by atoms with van der Waals surface area (Å²) in [5.74, 6) is -0.199. The molecule has 0 saturated heterocycles. The van der Waals surface area contributed by atoms with Gasteiger partial charge in [-0.25, -0.2) is 4.79 Å². The van der Waals surface area contributed by atoms with E-state index in [0.717, 1.165) is 11.1 Å². The SMILES string of the molecule is O=C1OCc2ccccc21.c1ccc2ncccc2c1. The van der Waals surface area contributed by atoms with Crippen LogP contribution >= 0.6 is 0 Å². The topological polar surface area (TPSA) is 39.2 Å². The van der Waals surface area contributed by atoms with Gasteiger partial charge < -0.3 is 4.74 Å². The standard InChI is InChI=1S/C9H7N.C8H6O2/c1-2-6-9-8(4-1)5-3-7-10-9;9-8-7-4-2-1-3-6(7)5-10-8/h1-7H;1-4H,5H2. The highest BCUT2D eigenvalue weighted by Gasteiger charge is 2.18. The van der Waals surface area contributed by atoms with E-state index in [9.17, 15) is 4.79 Å². The van der Waals surface area contributed by atoms with Gasteiger partial charge in [0.25, 0.3) is 0 Å². The number of carbonyl (C=O) groups is 1. The molecule has 3 nitrogen and oxygen atoms in total. The zero-order valence-electron chi connectivity index (χ0n) is 10.8. The van der Waals surface area contributed by atoms with E-state index in [0.29, 0.717) is 12.2 Å². The minimum absolute atomic E-state index is 0.199. The van der Waals surface area contributed by atoms with Crippen LogP contribution < -0.4 is 0 Å². The monoisotopic (exact) mass is 263 g/mol. The summed E-state index contributed by atoms with van der Waals surface area (Å²) >= 11 is 0. The van der Waals surface area contributed by atoms with Crippen molar-refractivity contribution in [1.29, 1.82) is 0 Å². The highest BCUT2D eigenvalue weighted by Crippen LogP contribution is 2.18. The fourth-order valence-electron chi connectivity index (χ4n) is 2.08. The highest BCUT2D eigenvalue weighted by atomic mass is 16.5. The molecule has 0 aliphatic carbocycles. The summed E-state index contributed by atoms with van der Waals surface area (Å²) in [6.45, 7) is 0.439. The van der Waals surface area contributed by atoms with Gasteiger partial charge in [-0.3, -0.25) is 4.98 Å². The van der Waals surface area contributed by atoms with Gasteiger partial charge in [0.2, 0.25) is 0 Å². The zero-order chi connectivity index (χ0) is 13.8. The number of pyridine rings is 1. The summed E-state index contributed by atoms with van der Waals surface area (Å²) in [4.78, 5) is 15.0. The van der Waals surface area contributed by atoms with Crippen LogP contribution in [0.15, 0.2) is 66.9 Å². The molecule has 0 bridgehead atoms. The number of para-hydroxylation sites is 1. The molecule has 1 aliphatic heterocycles. The first-order chi connectivity index (χ1) is 9.84. The second-order valence-electron chi connectivity index (χ2n) is 4.43. The Morgan fingerprint density at radius 2 is 1.65 bits per heavy atom. The smallest absolute Gasteiger partial charge is 0.338 e. The number of rotatable bonds is 0. The Kier molecular flexibility index (Phi) is 3.42. The Labute approximate surface area is 116 Å². The summed E-state index contributed by atoms with van der Waals surface area (Å²) in [5.41, 5.74) is 2.76. The van der Waals surface area contributed by atoms with E-state index >= 15 is 0 Å². The average Bonchev–Trinajstić information content (AvgIpc) is 2.90. The maximum atomic E-state index is 10.8. The van der Waals surface area contributed by atoms with E-state index in [1.807, 2.05) is 48.7 Å². The third-order valence-corrected chi connectivity index (χ3v) is 3.11. The van der Waals surface area contributed by atoms with Crippen molar-refractivity contribution in [3.63, 3.8) is 0 Å². The number of benzene rings is 2. The summed E-state index contributed by atoms with van der Waals surface area (Å²) in [5, 5.41) is 1.20. The van der Waals surface area contributed by atoms with Crippen LogP contribution in [-0.4, -0.2) is 11.0 Å². The van der Waals surface area contributed by atoms with Gasteiger partial charge in [0, 0.05) is 17.1 Å². The van der Waals surface area contributed by atoms with Crippen molar-refractivity contribution in [1.82, 2.24) is 4.98 Å². The summed E-state index contributed by atoms with van der Waals surface area (Å²) < 4.78 is 4.78. The second kappa shape index (κ2) is 5.53. The molecule has 3 aromatic rings. The van der Waals surface area contributed by atoms with Crippen molar-refractivity contribution in [2.75, 3.05) is 0 Å². The van der Waals surface area contributed by atoms with Crippen molar-refractivity contribution < 1.29 is 9.53 Å². The van der Waals surface area contributed by atoms with Crippen LogP contribution in [0.25, 0.3) is 10.9 Å². The maximum absolute atomic E-state index is 10.8. The third-order valence-electron chi connectivity index (χ3n) is 3.11. The van der Waals surface area contributed by atoms with Crippen LogP contribution in [0, 0.1) is 0 Å². The lowest BCUT2D eigenvalue weighted by molar-refractivity contribution is 0.0535. The molecular formula is C17H13NO2. The molecule has 0 radical (unpaired) electrons. The minimum atomic E-state index is -0.199. The lowest BCUT2D eigenvalue weighted by Gasteiger charge is -1.91. The van der Waals surface area contributed by atoms with Crippen molar-refractivity contribution in [3.8, 4) is 0 Å². The molecule has 0 saturated carbocycles. The Morgan fingerprint density at radius 3 is 2.50 bits per heavy atom. The van der Waals surface area contributed by atoms with Crippen molar-refractivity contribution in [2.24, 2.45) is 0 Å². The average molecular weight is 263 g/mol. The van der Waals surface area contributed by atoms with Gasteiger partial charge in [-0.15, -0.1) is 0 Å². The summed E-state index contributed by atoms with van der Waals surface area (Å²) in [6.07, 6.45) is 1.81. The highest BCUT2D eigenvalue weighted by molar-refractivity contribution is 5.93. The molecule has 98 valence electrons. The maximum Gasteiger partial charge on any atom is 0.338 e. The number of carbonyl (C=O) groups excluding carboxylic acids is 1. The molecule has 0 amide bonds. The van der Waals surface area contributed by atoms with E-state index < -0.39 is 0 Å². The number of ether oxygens (including phenoxy) is 1. The first-order valence-electron chi connectivity index (χ1n) is 6.39. The van der Waals surface area contributed by atoms with Crippen LogP contribution in [0.3, 0.4) is 0 Å². The number of aromatic nitrogens is 1. The predicted molar refractivity (Wildman–Crippen MR) is 77.3 cm³/mol. The molecular weight excluding hydrogens is 250 g/mol. The quantitative estimate of drug-likeness (QED) is 0.582. The summed E-state index contributed by atoms with van der Waals surface area (Å²) in [6, 6.07) is 19.5. The molecule has 0 fully saturated rings. The van der Waals surface area contributed by atoms with Gasteiger partial charge in [-0.1, -0.05) is 42.5 Å². The molecule has 0 atom stereocenters. The third kappa shape index (κ3) is 2.52. The van der Waals surface area contributed by atoms with Crippen molar-refractivity contribution in [3.05, 3.63) is 78.0 Å². The molecule has 0 spiro atoms. The second-order valence-corrected chi connectivity index (χ2v) is 4.43. The van der Waals surface area contributed by atoms with Crippen LogP contribution in [-0.2, 0) is 11.3 Å². The van der Waals surface area contributed by atoms with Gasteiger partial charge in [0.15, 0.2) is 0 Å². The molecule has 2 heterocycles. The predicted octanol–water partition coefficient (Wildman–Crippen LogP) is 3.59. The summed E-state index contributed by atoms with van der Waals surface area (Å²) in [7, 11) is 0. The first kappa shape index (κ1) is 12.4. The first-order valence-corrected chi connectivity index (χ1v) is 6.39. The number of fused-ring (bicyclic) bond motifs is 2. The zero-order valence-corrected chi connectivity index (χ0v) is 10.8. The van der Waals surface area contributed by atoms with Crippen molar-refractivity contribution in [2.45, 2.75) is 6.61 Å². The minimum Gasteiger partial charge on any atom is -0.457 e. The fraction of sp³-hybridized carbons (Fsp3) is 0.0588. The van der Waals surface area contributed by atoms with E-state index in [2.05, 4.69) is 17.1 Å². The van der Waals surface area contributed by atoms with Gasteiger partial charge in [-0.05, 0) is 18.2 Å². The Morgan fingerprint density at radius 1 is 0.900 bits per heavy atom. The number of hydrogen-bond acceptors (Lipinski definition) is 3. The van der Waals surface area contributed by atoms with Crippen LogP contribution in [0.2, 0.25) is 0 Å². The number of esters is 1. The van der Waals surface area contributed by atoms with Crippen molar-refractivity contribution >= 4 is 16.9 Å². The lowest BCUT2D eigenvalue weighted by atomic mass is 10.1. The largest absolute Gasteiger partial charge is 0.457 e. The fourth-order valence-corrected chi connectivity index (χ4v) is 2.08. The number of hydrogen-bond donors (Lipinski definition) is 0. The number of cyclic esters (lactones) is 1. The Hall–Kier alpha value is -2.68. The van der Waals surface area contributed by atoms with E-state index in [4.69, 9.17) is 4.74 Å². The van der Waals surface area contributed by atoms with Crippen LogP contribution in [0.4, 0.5) is 0 Å². The van der Waals surface area contributed by atoms with Gasteiger partial charge >= 0.3 is 5.97 Å². The normalized spacial score (nSPS) is 12.3. The lowest BCUT2D eigenvalue weighted by Crippen LogP contribution is -1.91. The number of nitrogens with zero attached hydrogens (tertiary/aromatic N) is 1. The molecule has 2 aromatic carbocycles. The van der Waals surface area contributed by atoms with E-state index in [1.165, 1.54) is 5.39 Å². The molecule has 4 rings (SSSR count). The van der Waals surface area contributed by atoms with E-state index in [-0.39, 0.29) is 5.97 Å². The van der Waals surface area contributed by atoms with Crippen LogP contribution in [0.5, 0.6) is 0 Å². The molecule has 0 N–H and O–H groups in total. The molecule has 3 heteroatoms. The van der Waals surface area contributed by atoms with Gasteiger partial charge in [-0.2, -0.15) is 0 Å². The Balaban J connectivity index is 0.000000121.